The van der Waals surface area contributed by atoms with Gasteiger partial charge in [-0.3, -0.25) is 0 Å². The lowest BCUT2D eigenvalue weighted by atomic mass is 9.61. The Kier molecular flexibility index (Phi) is 7.13. The second-order valence-electron chi connectivity index (χ2n) is 10.9. The van der Waals surface area contributed by atoms with Gasteiger partial charge in [0.25, 0.3) is 0 Å². The summed E-state index contributed by atoms with van der Waals surface area (Å²) in [5.41, 5.74) is 2.49. The van der Waals surface area contributed by atoms with E-state index < -0.39 is 17.8 Å². The molecule has 3 saturated carbocycles. The van der Waals surface area contributed by atoms with E-state index in [9.17, 15) is 15.3 Å². The van der Waals surface area contributed by atoms with E-state index in [1.54, 1.807) is 5.57 Å². The number of aliphatic hydroxyl groups excluding tert-OH is 2. The van der Waals surface area contributed by atoms with E-state index >= 15 is 0 Å². The van der Waals surface area contributed by atoms with Crippen LogP contribution >= 0.6 is 0 Å². The minimum atomic E-state index is -0.632. The fourth-order valence-electron chi connectivity index (χ4n) is 6.38. The van der Waals surface area contributed by atoms with E-state index in [0.717, 1.165) is 0 Å². The van der Waals surface area contributed by atoms with Crippen molar-refractivity contribution in [3.8, 4) is 0 Å². The first-order valence-corrected chi connectivity index (χ1v) is 11.7. The second kappa shape index (κ2) is 9.08. The van der Waals surface area contributed by atoms with E-state index in [0.29, 0.717) is 48.9 Å². The number of hydrogen-bond donors (Lipinski definition) is 3. The van der Waals surface area contributed by atoms with Crippen LogP contribution in [0.1, 0.15) is 85.5 Å². The third-order valence-corrected chi connectivity index (χ3v) is 7.80. The van der Waals surface area contributed by atoms with E-state index in [2.05, 4.69) is 38.2 Å². The van der Waals surface area contributed by atoms with Gasteiger partial charge in [0.15, 0.2) is 0 Å². The highest BCUT2D eigenvalue weighted by atomic mass is 16.3. The van der Waals surface area contributed by atoms with Gasteiger partial charge in [0.05, 0.1) is 17.8 Å². The minimum Gasteiger partial charge on any atom is -0.393 e. The molecular formula is C26H42O3. The summed E-state index contributed by atoms with van der Waals surface area (Å²) < 4.78 is 0. The molecule has 3 aliphatic rings. The zero-order valence-corrected chi connectivity index (χ0v) is 18.9. The second-order valence-corrected chi connectivity index (χ2v) is 10.9. The average molecular weight is 403 g/mol. The highest BCUT2D eigenvalue weighted by Gasteiger charge is 2.50. The van der Waals surface area contributed by atoms with Crippen molar-refractivity contribution in [2.24, 2.45) is 23.2 Å². The maximum Gasteiger partial charge on any atom is 0.0626 e. The smallest absolute Gasteiger partial charge is 0.0626 e. The van der Waals surface area contributed by atoms with E-state index in [-0.39, 0.29) is 0 Å². The molecule has 0 aliphatic heterocycles. The Labute approximate surface area is 177 Å². The molecule has 3 N–H and O–H groups in total. The molecule has 3 rings (SSSR count). The first-order valence-electron chi connectivity index (χ1n) is 11.7. The molecule has 6 atom stereocenters. The van der Waals surface area contributed by atoms with Crippen LogP contribution in [-0.4, -0.2) is 33.1 Å². The largest absolute Gasteiger partial charge is 0.393 e. The van der Waals surface area contributed by atoms with Gasteiger partial charge in [0.1, 0.15) is 0 Å². The van der Waals surface area contributed by atoms with Crippen molar-refractivity contribution in [3.05, 3.63) is 35.5 Å². The van der Waals surface area contributed by atoms with E-state index in [1.165, 1.54) is 37.7 Å². The topological polar surface area (TPSA) is 60.7 Å². The third-order valence-electron chi connectivity index (χ3n) is 7.80. The lowest BCUT2D eigenvalue weighted by molar-refractivity contribution is 0.0609. The molecule has 0 radical (unpaired) electrons. The van der Waals surface area contributed by atoms with Gasteiger partial charge in [0.2, 0.25) is 0 Å². The summed E-state index contributed by atoms with van der Waals surface area (Å²) in [6.07, 6.45) is 17.2. The van der Waals surface area contributed by atoms with Gasteiger partial charge < -0.3 is 15.3 Å². The predicted octanol–water partition coefficient (Wildman–Crippen LogP) is 5.31. The van der Waals surface area contributed by atoms with Crippen molar-refractivity contribution in [3.63, 3.8) is 0 Å². The molecule has 0 amide bonds. The van der Waals surface area contributed by atoms with Gasteiger partial charge in [-0.1, -0.05) is 49.3 Å². The Hall–Kier alpha value is -0.900. The molecule has 29 heavy (non-hydrogen) atoms. The summed E-state index contributed by atoms with van der Waals surface area (Å²) in [6.45, 7) is 8.59. The van der Waals surface area contributed by atoms with Crippen LogP contribution in [0.2, 0.25) is 0 Å². The average Bonchev–Trinajstić information content (AvgIpc) is 2.95. The summed E-state index contributed by atoms with van der Waals surface area (Å²) in [4.78, 5) is 0. The fourth-order valence-corrected chi connectivity index (χ4v) is 6.38. The first kappa shape index (κ1) is 22.8. The van der Waals surface area contributed by atoms with Crippen LogP contribution in [-0.2, 0) is 0 Å². The Morgan fingerprint density at radius 3 is 2.48 bits per heavy atom. The van der Waals surface area contributed by atoms with Crippen molar-refractivity contribution in [2.75, 3.05) is 0 Å². The molecule has 0 bridgehead atoms. The predicted molar refractivity (Wildman–Crippen MR) is 119 cm³/mol. The van der Waals surface area contributed by atoms with Crippen molar-refractivity contribution < 1.29 is 15.3 Å². The van der Waals surface area contributed by atoms with E-state index in [1.807, 2.05) is 13.8 Å². The Bertz CT molecular complexity index is 641. The molecule has 1 unspecified atom stereocenters. The highest BCUT2D eigenvalue weighted by molar-refractivity contribution is 5.26. The van der Waals surface area contributed by atoms with E-state index in [4.69, 9.17) is 0 Å². The minimum absolute atomic E-state index is 0.354. The zero-order chi connectivity index (χ0) is 21.2. The van der Waals surface area contributed by atoms with Gasteiger partial charge in [0, 0.05) is 0 Å². The van der Waals surface area contributed by atoms with Crippen LogP contribution < -0.4 is 0 Å². The summed E-state index contributed by atoms with van der Waals surface area (Å²) in [5, 5.41) is 29.9. The molecule has 0 aromatic carbocycles. The SMILES string of the molecule is C[C@H](/C=C/CC(C)(C)O)[C@H]1CCC2/C(=C/C=C3C[C@@H](O)C[C@H](O)C3)CCC[C@@]21C. The van der Waals surface area contributed by atoms with Crippen molar-refractivity contribution in [2.45, 2.75) is 103 Å². The van der Waals surface area contributed by atoms with Crippen molar-refractivity contribution in [1.82, 2.24) is 0 Å². The Morgan fingerprint density at radius 1 is 1.14 bits per heavy atom. The highest BCUT2D eigenvalue weighted by Crippen LogP contribution is 2.59. The monoisotopic (exact) mass is 402 g/mol. The molecule has 3 nitrogen and oxygen atoms in total. The van der Waals surface area contributed by atoms with Gasteiger partial charge in [-0.05, 0) is 94.8 Å². The van der Waals surface area contributed by atoms with Gasteiger partial charge in [-0.2, -0.15) is 0 Å². The maximum absolute atomic E-state index is 9.97. The van der Waals surface area contributed by atoms with Gasteiger partial charge in [-0.25, -0.2) is 0 Å². The summed E-state index contributed by atoms with van der Waals surface area (Å²) in [5.74, 6) is 1.88. The fraction of sp³-hybridized carbons (Fsp3) is 0.769. The molecule has 3 heteroatoms. The van der Waals surface area contributed by atoms with Crippen LogP contribution in [0.3, 0.4) is 0 Å². The molecular weight excluding hydrogens is 360 g/mol. The number of fused-ring (bicyclic) bond motifs is 1. The standard InChI is InChI=1S/C26H42O3/c1-18(7-5-13-25(2,3)29)23-11-12-24-20(8-6-14-26(23,24)4)10-9-19-15-21(27)17-22(28)16-19/h5,7,9-10,18,21-24,27-29H,6,8,11-17H2,1-4H3/b7-5+,20-10+/t18-,21-,22-,23-,24?,26-/m1/s1. The normalized spacial score (nSPS) is 38.4. The Morgan fingerprint density at radius 2 is 1.83 bits per heavy atom. The van der Waals surface area contributed by atoms with Crippen LogP contribution in [0, 0.1) is 23.2 Å². The summed E-state index contributed by atoms with van der Waals surface area (Å²) in [7, 11) is 0. The van der Waals surface area contributed by atoms with Gasteiger partial charge in [-0.15, -0.1) is 0 Å². The molecule has 0 heterocycles. The van der Waals surface area contributed by atoms with Crippen LogP contribution in [0.4, 0.5) is 0 Å². The van der Waals surface area contributed by atoms with Gasteiger partial charge >= 0.3 is 0 Å². The number of allylic oxidation sites excluding steroid dienone is 4. The molecule has 3 fully saturated rings. The maximum atomic E-state index is 9.97. The van der Waals surface area contributed by atoms with Crippen molar-refractivity contribution >= 4 is 0 Å². The molecule has 0 aromatic heterocycles. The van der Waals surface area contributed by atoms with Crippen LogP contribution in [0.25, 0.3) is 0 Å². The molecule has 164 valence electrons. The molecule has 0 saturated heterocycles. The molecule has 0 spiro atoms. The molecule has 0 aromatic rings. The lowest BCUT2D eigenvalue weighted by Crippen LogP contribution is -2.35. The Balaban J connectivity index is 1.71. The summed E-state index contributed by atoms with van der Waals surface area (Å²) >= 11 is 0. The summed E-state index contributed by atoms with van der Waals surface area (Å²) in [6, 6.07) is 0. The molecule has 3 aliphatic carbocycles. The zero-order valence-electron chi connectivity index (χ0n) is 18.9. The third kappa shape index (κ3) is 5.62. The van der Waals surface area contributed by atoms with Crippen molar-refractivity contribution in [1.29, 1.82) is 0 Å². The number of rotatable bonds is 5. The quantitative estimate of drug-likeness (QED) is 0.546. The number of aliphatic hydroxyl groups is 3. The van der Waals surface area contributed by atoms with Crippen LogP contribution in [0.5, 0.6) is 0 Å². The first-order chi connectivity index (χ1) is 13.6. The number of hydrogen-bond acceptors (Lipinski definition) is 3. The lowest BCUT2D eigenvalue weighted by Gasteiger charge is -2.44. The van der Waals surface area contributed by atoms with Crippen LogP contribution in [0.15, 0.2) is 35.5 Å².